The van der Waals surface area contributed by atoms with Crippen LogP contribution < -0.4 is 0 Å². The Hall–Kier alpha value is -2.17. The lowest BCUT2D eigenvalue weighted by Crippen LogP contribution is -2.43. The van der Waals surface area contributed by atoms with Gasteiger partial charge in [0.2, 0.25) is 0 Å². The first-order valence-corrected chi connectivity index (χ1v) is 10.2. The smallest absolute Gasteiger partial charge is 0.0646 e. The van der Waals surface area contributed by atoms with E-state index in [9.17, 15) is 0 Å². The lowest BCUT2D eigenvalue weighted by atomic mass is 10.0. The quantitative estimate of drug-likeness (QED) is 0.542. The summed E-state index contributed by atoms with van der Waals surface area (Å²) in [6.45, 7) is 7.12. The summed E-state index contributed by atoms with van der Waals surface area (Å²) in [5.74, 6) is 0. The van der Waals surface area contributed by atoms with Crippen LogP contribution in [-0.4, -0.2) is 41.8 Å². The van der Waals surface area contributed by atoms with Gasteiger partial charge in [-0.3, -0.25) is 9.91 Å². The van der Waals surface area contributed by atoms with Gasteiger partial charge in [0.15, 0.2) is 0 Å². The minimum atomic E-state index is 0.971. The van der Waals surface area contributed by atoms with Crippen LogP contribution in [0.25, 0.3) is 10.8 Å². The molecule has 1 fully saturated rings. The summed E-state index contributed by atoms with van der Waals surface area (Å²) in [5.41, 5.74) is 3.66. The van der Waals surface area contributed by atoms with Gasteiger partial charge in [0.05, 0.1) is 5.71 Å². The van der Waals surface area contributed by atoms with Crippen molar-refractivity contribution in [3.8, 4) is 0 Å². The summed E-state index contributed by atoms with van der Waals surface area (Å²) in [6.07, 6.45) is 0. The highest BCUT2D eigenvalue weighted by molar-refractivity contribution is 9.10. The van der Waals surface area contributed by atoms with Gasteiger partial charge in [-0.1, -0.05) is 70.5 Å². The second-order valence-corrected chi connectivity index (χ2v) is 7.98. The number of benzene rings is 3. The van der Waals surface area contributed by atoms with Gasteiger partial charge in [-0.25, -0.2) is 0 Å². The van der Waals surface area contributed by atoms with E-state index in [4.69, 9.17) is 5.10 Å². The zero-order valence-corrected chi connectivity index (χ0v) is 17.2. The fourth-order valence-corrected chi connectivity index (χ4v) is 3.89. The molecule has 138 valence electrons. The zero-order valence-electron chi connectivity index (χ0n) is 15.6. The van der Waals surface area contributed by atoms with Crippen molar-refractivity contribution in [1.82, 2.24) is 9.91 Å². The van der Waals surface area contributed by atoms with E-state index in [2.05, 4.69) is 99.5 Å². The van der Waals surface area contributed by atoms with Gasteiger partial charge in [0.25, 0.3) is 0 Å². The minimum Gasteiger partial charge on any atom is -0.295 e. The van der Waals surface area contributed by atoms with Crippen LogP contribution in [0.5, 0.6) is 0 Å². The number of piperazine rings is 1. The largest absolute Gasteiger partial charge is 0.295 e. The molecular weight excluding hydrogens is 398 g/mol. The Morgan fingerprint density at radius 3 is 2.37 bits per heavy atom. The molecule has 0 aliphatic carbocycles. The molecule has 0 aromatic heterocycles. The van der Waals surface area contributed by atoms with Crippen molar-refractivity contribution < 1.29 is 0 Å². The predicted molar refractivity (Wildman–Crippen MR) is 117 cm³/mol. The molecule has 1 aliphatic rings. The molecular formula is C23H24BrN3. The Balaban J connectivity index is 1.39. The van der Waals surface area contributed by atoms with E-state index in [0.717, 1.165) is 42.9 Å². The van der Waals surface area contributed by atoms with Crippen molar-refractivity contribution in [2.45, 2.75) is 13.5 Å². The number of halogens is 1. The van der Waals surface area contributed by atoms with Crippen LogP contribution in [0, 0.1) is 0 Å². The van der Waals surface area contributed by atoms with Crippen LogP contribution in [0.1, 0.15) is 18.1 Å². The Bertz CT molecular complexity index is 936. The molecule has 0 saturated carbocycles. The SMILES string of the molecule is CC(=NN1CCN(Cc2cccc3ccccc23)CC1)c1ccc(Br)cc1. The highest BCUT2D eigenvalue weighted by atomic mass is 79.9. The molecule has 0 radical (unpaired) electrons. The van der Waals surface area contributed by atoms with Gasteiger partial charge < -0.3 is 0 Å². The molecule has 0 unspecified atom stereocenters. The van der Waals surface area contributed by atoms with E-state index >= 15 is 0 Å². The van der Waals surface area contributed by atoms with E-state index in [1.807, 2.05) is 0 Å². The standard InChI is InChI=1S/C23H24BrN3/c1-18(19-9-11-22(24)12-10-19)25-27-15-13-26(14-16-27)17-21-7-4-6-20-5-2-3-8-23(20)21/h2-12H,13-17H2,1H3. The van der Waals surface area contributed by atoms with Crippen LogP contribution in [0.15, 0.2) is 76.3 Å². The summed E-state index contributed by atoms with van der Waals surface area (Å²) in [6, 6.07) is 23.6. The second kappa shape index (κ2) is 8.24. The lowest BCUT2D eigenvalue weighted by molar-refractivity contribution is 0.131. The highest BCUT2D eigenvalue weighted by Gasteiger charge is 2.17. The summed E-state index contributed by atoms with van der Waals surface area (Å²) < 4.78 is 1.10. The maximum atomic E-state index is 4.84. The van der Waals surface area contributed by atoms with Crippen LogP contribution in [0.2, 0.25) is 0 Å². The van der Waals surface area contributed by atoms with Gasteiger partial charge in [0.1, 0.15) is 0 Å². The second-order valence-electron chi connectivity index (χ2n) is 7.06. The first kappa shape index (κ1) is 18.2. The molecule has 4 rings (SSSR count). The minimum absolute atomic E-state index is 0.971. The number of nitrogens with zero attached hydrogens (tertiary/aromatic N) is 3. The van der Waals surface area contributed by atoms with Crippen molar-refractivity contribution in [1.29, 1.82) is 0 Å². The summed E-state index contributed by atoms with van der Waals surface area (Å²) in [7, 11) is 0. The Morgan fingerprint density at radius 2 is 1.59 bits per heavy atom. The molecule has 1 heterocycles. The first-order valence-electron chi connectivity index (χ1n) is 9.44. The van der Waals surface area contributed by atoms with Crippen LogP contribution >= 0.6 is 15.9 Å². The number of hydrogen-bond donors (Lipinski definition) is 0. The summed E-state index contributed by atoms with van der Waals surface area (Å²) in [4.78, 5) is 2.53. The van der Waals surface area contributed by atoms with E-state index in [0.29, 0.717) is 0 Å². The van der Waals surface area contributed by atoms with Crippen molar-refractivity contribution in [3.05, 3.63) is 82.3 Å². The van der Waals surface area contributed by atoms with Gasteiger partial charge >= 0.3 is 0 Å². The van der Waals surface area contributed by atoms with Crippen molar-refractivity contribution in [2.24, 2.45) is 5.10 Å². The van der Waals surface area contributed by atoms with Crippen LogP contribution in [0.4, 0.5) is 0 Å². The van der Waals surface area contributed by atoms with Gasteiger partial charge in [0, 0.05) is 37.2 Å². The topological polar surface area (TPSA) is 18.8 Å². The molecule has 4 heteroatoms. The van der Waals surface area contributed by atoms with Gasteiger partial charge in [-0.05, 0) is 41.0 Å². The van der Waals surface area contributed by atoms with Crippen molar-refractivity contribution in [2.75, 3.05) is 26.2 Å². The number of fused-ring (bicyclic) bond motifs is 1. The molecule has 0 N–H and O–H groups in total. The molecule has 0 amide bonds. The monoisotopic (exact) mass is 421 g/mol. The molecule has 0 bridgehead atoms. The first-order chi connectivity index (χ1) is 13.2. The molecule has 27 heavy (non-hydrogen) atoms. The lowest BCUT2D eigenvalue weighted by Gasteiger charge is -2.33. The summed E-state index contributed by atoms with van der Waals surface area (Å²) in [5, 5.41) is 9.73. The fraction of sp³-hybridized carbons (Fsp3) is 0.261. The maximum Gasteiger partial charge on any atom is 0.0646 e. The fourth-order valence-electron chi connectivity index (χ4n) is 3.63. The normalized spacial score (nSPS) is 16.1. The Labute approximate surface area is 169 Å². The molecule has 3 nitrogen and oxygen atoms in total. The van der Waals surface area contributed by atoms with Crippen LogP contribution in [0.3, 0.4) is 0 Å². The van der Waals surface area contributed by atoms with Gasteiger partial charge in [-0.2, -0.15) is 5.10 Å². The van der Waals surface area contributed by atoms with E-state index in [1.54, 1.807) is 0 Å². The third-order valence-electron chi connectivity index (χ3n) is 5.18. The zero-order chi connectivity index (χ0) is 18.6. The average Bonchev–Trinajstić information content (AvgIpc) is 2.70. The van der Waals surface area contributed by atoms with Gasteiger partial charge in [-0.15, -0.1) is 0 Å². The molecule has 1 aliphatic heterocycles. The molecule has 3 aromatic rings. The molecule has 0 atom stereocenters. The third-order valence-corrected chi connectivity index (χ3v) is 5.70. The van der Waals surface area contributed by atoms with Crippen molar-refractivity contribution in [3.63, 3.8) is 0 Å². The molecule has 0 spiro atoms. The van der Waals surface area contributed by atoms with E-state index in [1.165, 1.54) is 21.9 Å². The van der Waals surface area contributed by atoms with E-state index in [-0.39, 0.29) is 0 Å². The average molecular weight is 422 g/mol. The van der Waals surface area contributed by atoms with E-state index < -0.39 is 0 Å². The number of hydrogen-bond acceptors (Lipinski definition) is 3. The number of rotatable bonds is 4. The maximum absolute atomic E-state index is 4.84. The molecule has 1 saturated heterocycles. The number of hydrazone groups is 1. The Morgan fingerprint density at radius 1 is 0.889 bits per heavy atom. The molecule has 3 aromatic carbocycles. The Kier molecular flexibility index (Phi) is 5.55. The third kappa shape index (κ3) is 4.40. The summed E-state index contributed by atoms with van der Waals surface area (Å²) >= 11 is 3.49. The van der Waals surface area contributed by atoms with Crippen molar-refractivity contribution >= 4 is 32.4 Å². The highest BCUT2D eigenvalue weighted by Crippen LogP contribution is 2.20. The van der Waals surface area contributed by atoms with Crippen LogP contribution in [-0.2, 0) is 6.54 Å². The predicted octanol–water partition coefficient (Wildman–Crippen LogP) is 5.14.